The van der Waals surface area contributed by atoms with Crippen LogP contribution in [0.5, 0.6) is 0 Å². The van der Waals surface area contributed by atoms with E-state index in [2.05, 4.69) is 120 Å². The number of carbonyl (C=O) groups is 1. The summed E-state index contributed by atoms with van der Waals surface area (Å²) >= 11 is 0. The molecule has 0 bridgehead atoms. The maximum Gasteiger partial charge on any atom is 0.266 e. The molecule has 0 aliphatic carbocycles. The van der Waals surface area contributed by atoms with E-state index in [0.29, 0.717) is 6.54 Å². The lowest BCUT2D eigenvalue weighted by molar-refractivity contribution is -0.669. The molecular weight excluding hydrogens is 512 g/mol. The van der Waals surface area contributed by atoms with E-state index in [0.717, 1.165) is 36.4 Å². The molecule has 4 aromatic rings. The first kappa shape index (κ1) is 24.6. The van der Waals surface area contributed by atoms with Crippen molar-refractivity contribution < 1.29 is 26.3 Å². The fraction of sp³-hybridized carbons (Fsp3) is 0.333. The number of fused-ring (bicyclic) bond motifs is 4. The molecule has 0 N–H and O–H groups in total. The standard InChI is InChI=1S/C30H33N4O.BrH/c1-21-13-15-23(16-14-21)19-33-22(2)34(27-12-8-7-11-26(27)33)20-28(35)32-18-17-30(3)24-9-5-6-10-25(24)31(4)29(30)32;/h5-16,29H,17-20H2,1-4H3;1H/q+1;/p-1. The van der Waals surface area contributed by atoms with E-state index >= 15 is 0 Å². The van der Waals surface area contributed by atoms with Crippen LogP contribution in [0.25, 0.3) is 11.0 Å². The fourth-order valence-electron chi connectivity index (χ4n) is 6.43. The summed E-state index contributed by atoms with van der Waals surface area (Å²) in [4.78, 5) is 18.3. The predicted molar refractivity (Wildman–Crippen MR) is 139 cm³/mol. The van der Waals surface area contributed by atoms with Crippen molar-refractivity contribution in [2.24, 2.45) is 0 Å². The van der Waals surface area contributed by atoms with Gasteiger partial charge >= 0.3 is 0 Å². The molecule has 6 heteroatoms. The number of rotatable bonds is 4. The number of para-hydroxylation sites is 3. The van der Waals surface area contributed by atoms with E-state index in [-0.39, 0.29) is 34.5 Å². The largest absolute Gasteiger partial charge is 1.00 e. The Balaban J connectivity index is 0.00000267. The molecule has 2 aliphatic rings. The first-order valence-electron chi connectivity index (χ1n) is 12.5. The van der Waals surface area contributed by atoms with Crippen LogP contribution in [0.1, 0.15) is 35.9 Å². The fourth-order valence-corrected chi connectivity index (χ4v) is 6.43. The minimum absolute atomic E-state index is 0. The van der Waals surface area contributed by atoms with E-state index < -0.39 is 0 Å². The van der Waals surface area contributed by atoms with Gasteiger partial charge in [0.05, 0.1) is 0 Å². The highest BCUT2D eigenvalue weighted by molar-refractivity contribution is 5.82. The van der Waals surface area contributed by atoms with Crippen LogP contribution in [0.15, 0.2) is 72.8 Å². The third kappa shape index (κ3) is 3.65. The third-order valence-electron chi connectivity index (χ3n) is 8.32. The highest BCUT2D eigenvalue weighted by Crippen LogP contribution is 2.51. The highest BCUT2D eigenvalue weighted by Gasteiger charge is 2.54. The number of hydrogen-bond acceptors (Lipinski definition) is 2. The highest BCUT2D eigenvalue weighted by atomic mass is 79.9. The number of amides is 1. The molecule has 1 fully saturated rings. The Hall–Kier alpha value is -3.12. The lowest BCUT2D eigenvalue weighted by Gasteiger charge is -2.34. The zero-order valence-corrected chi connectivity index (χ0v) is 23.0. The molecule has 0 spiro atoms. The Bertz CT molecular complexity index is 1440. The summed E-state index contributed by atoms with van der Waals surface area (Å²) in [6.45, 7) is 8.50. The molecule has 2 aliphatic heterocycles. The second kappa shape index (κ2) is 9.07. The van der Waals surface area contributed by atoms with Gasteiger partial charge in [0, 0.05) is 31.6 Å². The van der Waals surface area contributed by atoms with Crippen molar-refractivity contribution in [1.29, 1.82) is 0 Å². The number of likely N-dealkylation sites (tertiary alicyclic amines) is 1. The van der Waals surface area contributed by atoms with Crippen LogP contribution >= 0.6 is 0 Å². The van der Waals surface area contributed by atoms with Crippen molar-refractivity contribution >= 4 is 22.6 Å². The molecule has 3 heterocycles. The first-order chi connectivity index (χ1) is 16.9. The maximum atomic E-state index is 13.9. The molecule has 3 aromatic carbocycles. The van der Waals surface area contributed by atoms with Crippen molar-refractivity contribution in [2.45, 2.75) is 51.9 Å². The monoisotopic (exact) mass is 544 g/mol. The Labute approximate surface area is 223 Å². The Morgan fingerprint density at radius 2 is 1.69 bits per heavy atom. The summed E-state index contributed by atoms with van der Waals surface area (Å²) in [5.74, 6) is 1.29. The number of imidazole rings is 1. The molecule has 5 nitrogen and oxygen atoms in total. The quantitative estimate of drug-likeness (QED) is 0.365. The molecule has 2 atom stereocenters. The lowest BCUT2D eigenvalue weighted by atomic mass is 9.81. The number of likely N-dealkylation sites (N-methyl/N-ethyl adjacent to an activating group) is 1. The molecule has 2 unspecified atom stereocenters. The van der Waals surface area contributed by atoms with E-state index in [9.17, 15) is 4.79 Å². The molecule has 0 radical (unpaired) electrons. The van der Waals surface area contributed by atoms with Crippen molar-refractivity contribution in [2.75, 3.05) is 18.5 Å². The van der Waals surface area contributed by atoms with E-state index in [4.69, 9.17) is 0 Å². The summed E-state index contributed by atoms with van der Waals surface area (Å²) in [7, 11) is 2.13. The van der Waals surface area contributed by atoms with Gasteiger partial charge in [0.25, 0.3) is 11.7 Å². The normalized spacial score (nSPS) is 20.4. The van der Waals surface area contributed by atoms with Gasteiger partial charge in [-0.25, -0.2) is 9.13 Å². The Kier molecular flexibility index (Phi) is 6.19. The maximum absolute atomic E-state index is 13.9. The first-order valence-corrected chi connectivity index (χ1v) is 12.5. The third-order valence-corrected chi connectivity index (χ3v) is 8.32. The molecule has 1 aromatic heterocycles. The van der Waals surface area contributed by atoms with Crippen LogP contribution in [-0.2, 0) is 23.3 Å². The van der Waals surface area contributed by atoms with Gasteiger partial charge in [-0.3, -0.25) is 4.79 Å². The smallest absolute Gasteiger partial charge is 0.266 e. The average molecular weight is 546 g/mol. The summed E-state index contributed by atoms with van der Waals surface area (Å²) in [5.41, 5.74) is 7.38. The van der Waals surface area contributed by atoms with Crippen molar-refractivity contribution in [3.8, 4) is 0 Å². The van der Waals surface area contributed by atoms with Crippen LogP contribution in [0.2, 0.25) is 0 Å². The molecule has 1 amide bonds. The molecule has 36 heavy (non-hydrogen) atoms. The molecular formula is C30H33BrN4O. The number of carbonyl (C=O) groups excluding carboxylic acids is 1. The van der Waals surface area contributed by atoms with Crippen LogP contribution in [0, 0.1) is 13.8 Å². The zero-order chi connectivity index (χ0) is 24.3. The SMILES string of the molecule is Cc1ccc(C[n+]2c(C)n(CC(=O)N3CCC4(C)c5ccccc5N(C)C34)c3ccccc32)cc1.[Br-]. The number of aryl methyl sites for hydroxylation is 1. The van der Waals surface area contributed by atoms with Gasteiger partial charge in [-0.15, -0.1) is 0 Å². The summed E-state index contributed by atoms with van der Waals surface area (Å²) < 4.78 is 4.53. The van der Waals surface area contributed by atoms with Gasteiger partial charge < -0.3 is 26.8 Å². The summed E-state index contributed by atoms with van der Waals surface area (Å²) in [5, 5.41) is 0. The Morgan fingerprint density at radius 3 is 2.47 bits per heavy atom. The number of hydrogen-bond donors (Lipinski definition) is 0. The molecule has 1 saturated heterocycles. The minimum atomic E-state index is -0.0276. The van der Waals surface area contributed by atoms with Gasteiger partial charge in [-0.2, -0.15) is 0 Å². The molecule has 186 valence electrons. The number of benzene rings is 3. The van der Waals surface area contributed by atoms with Crippen molar-refractivity contribution in [3.63, 3.8) is 0 Å². The van der Waals surface area contributed by atoms with Crippen LogP contribution in [-0.4, -0.2) is 35.1 Å². The van der Waals surface area contributed by atoms with Gasteiger partial charge in [0.2, 0.25) is 0 Å². The number of halogens is 1. The second-order valence-electron chi connectivity index (χ2n) is 10.5. The minimum Gasteiger partial charge on any atom is -1.00 e. The lowest BCUT2D eigenvalue weighted by Crippen LogP contribution is -3.00. The molecule has 6 rings (SSSR count). The van der Waals surface area contributed by atoms with Crippen molar-refractivity contribution in [1.82, 2.24) is 9.47 Å². The van der Waals surface area contributed by atoms with Crippen LogP contribution in [0.3, 0.4) is 0 Å². The van der Waals surface area contributed by atoms with E-state index in [1.807, 2.05) is 0 Å². The predicted octanol–water partition coefficient (Wildman–Crippen LogP) is 1.56. The second-order valence-corrected chi connectivity index (χ2v) is 10.5. The number of aromatic nitrogens is 2. The van der Waals surface area contributed by atoms with Crippen LogP contribution < -0.4 is 26.4 Å². The summed E-state index contributed by atoms with van der Waals surface area (Å²) in [6.07, 6.45) is 1.05. The zero-order valence-electron chi connectivity index (χ0n) is 21.4. The average Bonchev–Trinajstić information content (AvgIpc) is 3.43. The number of nitrogens with zero attached hydrogens (tertiary/aromatic N) is 4. The Morgan fingerprint density at radius 1 is 1.00 bits per heavy atom. The topological polar surface area (TPSA) is 32.4 Å². The van der Waals surface area contributed by atoms with E-state index in [1.165, 1.54) is 22.4 Å². The van der Waals surface area contributed by atoms with Gasteiger partial charge in [-0.05, 0) is 42.7 Å². The van der Waals surface area contributed by atoms with E-state index in [1.54, 1.807) is 0 Å². The summed E-state index contributed by atoms with van der Waals surface area (Å²) in [6, 6.07) is 25.8. The molecule has 0 saturated carbocycles. The van der Waals surface area contributed by atoms with Crippen LogP contribution in [0.4, 0.5) is 5.69 Å². The van der Waals surface area contributed by atoms with Crippen molar-refractivity contribution in [3.05, 3.63) is 95.3 Å². The van der Waals surface area contributed by atoms with Gasteiger partial charge in [0.1, 0.15) is 12.7 Å². The van der Waals surface area contributed by atoms with Gasteiger partial charge in [0.15, 0.2) is 17.6 Å². The number of anilines is 1. The van der Waals surface area contributed by atoms with Gasteiger partial charge in [-0.1, -0.05) is 67.1 Å².